The zero-order valence-electron chi connectivity index (χ0n) is 20.1. The number of hydrogen-bond acceptors (Lipinski definition) is 6. The summed E-state index contributed by atoms with van der Waals surface area (Å²) in [6.07, 6.45) is 6.43. The molecule has 1 aliphatic heterocycles. The molecule has 2 amide bonds. The van der Waals surface area contributed by atoms with E-state index in [-0.39, 0.29) is 36.0 Å². The summed E-state index contributed by atoms with van der Waals surface area (Å²) in [5, 5.41) is 17.5. The van der Waals surface area contributed by atoms with Gasteiger partial charge in [-0.1, -0.05) is 11.6 Å². The molecule has 186 valence electrons. The highest BCUT2D eigenvalue weighted by Gasteiger charge is 2.56. The number of aliphatic hydroxyl groups is 1. The Kier molecular flexibility index (Phi) is 5.96. The lowest BCUT2D eigenvalue weighted by molar-refractivity contribution is -0.177. The summed E-state index contributed by atoms with van der Waals surface area (Å²) in [5.74, 6) is 1.34. The normalized spacial score (nSPS) is 34.3. The van der Waals surface area contributed by atoms with E-state index in [1.165, 1.54) is 6.20 Å². The predicted molar refractivity (Wildman–Crippen MR) is 129 cm³/mol. The first-order valence-corrected chi connectivity index (χ1v) is 12.8. The summed E-state index contributed by atoms with van der Waals surface area (Å²) in [7, 11) is 0. The van der Waals surface area contributed by atoms with Crippen molar-refractivity contribution in [2.75, 3.05) is 18.4 Å². The van der Waals surface area contributed by atoms with Crippen molar-refractivity contribution in [1.82, 2.24) is 15.2 Å². The van der Waals surface area contributed by atoms with Crippen molar-refractivity contribution in [3.05, 3.63) is 22.8 Å². The lowest BCUT2D eigenvalue weighted by Crippen LogP contribution is -2.58. The zero-order chi connectivity index (χ0) is 24.3. The van der Waals surface area contributed by atoms with Gasteiger partial charge < -0.3 is 25.4 Å². The third-order valence-corrected chi connectivity index (χ3v) is 7.97. The molecule has 9 heteroatoms. The minimum Gasteiger partial charge on any atom is -0.446 e. The Morgan fingerprint density at radius 3 is 2.59 bits per heavy atom. The quantitative estimate of drug-likeness (QED) is 0.592. The standard InChI is InChI=1S/C25H35ClN4O4/c1-24(2,3)29-22(31)19-8-17(26)12-27-21(19)28-18-4-5-30(13-18)23(32)34-20-15-6-14-7-16(20)11-25(33,9-14)10-15/h8,12,14-16,18,20,33H,4-7,9-11,13H2,1-3H3,(H,27,28)(H,29,31)/t14?,15-,16?,18+,20?,25-/m0/s1. The Bertz CT molecular complexity index is 964. The van der Waals surface area contributed by atoms with E-state index in [1.807, 2.05) is 20.8 Å². The average molecular weight is 491 g/mol. The Hall–Kier alpha value is -2.06. The number of anilines is 1. The number of aromatic nitrogens is 1. The summed E-state index contributed by atoms with van der Waals surface area (Å²) in [4.78, 5) is 31.9. The number of likely N-dealkylation sites (tertiary alicyclic amines) is 1. The third-order valence-electron chi connectivity index (χ3n) is 7.77. The van der Waals surface area contributed by atoms with Gasteiger partial charge in [0.15, 0.2) is 0 Å². The highest BCUT2D eigenvalue weighted by Crippen LogP contribution is 2.56. The van der Waals surface area contributed by atoms with E-state index < -0.39 is 11.1 Å². The predicted octanol–water partition coefficient (Wildman–Crippen LogP) is 3.83. The van der Waals surface area contributed by atoms with E-state index in [0.29, 0.717) is 35.4 Å². The molecule has 8 nitrogen and oxygen atoms in total. The van der Waals surface area contributed by atoms with Crippen molar-refractivity contribution < 1.29 is 19.4 Å². The number of carbonyl (C=O) groups is 2. The highest BCUT2D eigenvalue weighted by atomic mass is 35.5. The SMILES string of the molecule is CC(C)(C)NC(=O)c1cc(Cl)cnc1N[C@@H]1CCN(C(=O)OC2C3CC4C[C@H]2C[C@@](O)(C4)C3)C1. The molecular formula is C25H35ClN4O4. The first kappa shape index (κ1) is 23.7. The molecule has 1 saturated heterocycles. The van der Waals surface area contributed by atoms with Crippen molar-refractivity contribution in [1.29, 1.82) is 0 Å². The summed E-state index contributed by atoms with van der Waals surface area (Å²) < 4.78 is 6.04. The molecule has 34 heavy (non-hydrogen) atoms. The van der Waals surface area contributed by atoms with Crippen molar-refractivity contribution in [2.24, 2.45) is 17.8 Å². The second-order valence-corrected chi connectivity index (χ2v) is 12.3. The molecule has 0 aromatic carbocycles. The van der Waals surface area contributed by atoms with Crippen molar-refractivity contribution in [3.8, 4) is 0 Å². The molecular weight excluding hydrogens is 456 g/mol. The largest absolute Gasteiger partial charge is 0.446 e. The molecule has 2 heterocycles. The molecule has 4 saturated carbocycles. The first-order valence-electron chi connectivity index (χ1n) is 12.4. The Labute approximate surface area is 205 Å². The summed E-state index contributed by atoms with van der Waals surface area (Å²) >= 11 is 6.11. The molecule has 6 atom stereocenters. The molecule has 5 aliphatic rings. The van der Waals surface area contributed by atoms with Crippen LogP contribution in [0.2, 0.25) is 5.02 Å². The van der Waals surface area contributed by atoms with Crippen LogP contribution in [0.15, 0.2) is 12.3 Å². The van der Waals surface area contributed by atoms with Crippen LogP contribution < -0.4 is 10.6 Å². The number of amides is 2. The lowest BCUT2D eigenvalue weighted by Gasteiger charge is -2.57. The topological polar surface area (TPSA) is 104 Å². The molecule has 0 spiro atoms. The van der Waals surface area contributed by atoms with Gasteiger partial charge in [0, 0.05) is 30.9 Å². The molecule has 3 unspecified atom stereocenters. The summed E-state index contributed by atoms with van der Waals surface area (Å²) in [6, 6.07) is 1.57. The molecule has 1 aromatic heterocycles. The van der Waals surface area contributed by atoms with E-state index in [9.17, 15) is 14.7 Å². The minimum absolute atomic E-state index is 0.0402. The van der Waals surface area contributed by atoms with Crippen LogP contribution >= 0.6 is 11.6 Å². The van der Waals surface area contributed by atoms with Crippen LogP contribution in [0.25, 0.3) is 0 Å². The molecule has 0 radical (unpaired) electrons. The fourth-order valence-corrected chi connectivity index (χ4v) is 6.85. The van der Waals surface area contributed by atoms with Gasteiger partial charge in [-0.05, 0) is 83.1 Å². The van der Waals surface area contributed by atoms with Gasteiger partial charge in [0.2, 0.25) is 0 Å². The van der Waals surface area contributed by atoms with Crippen LogP contribution in [0.3, 0.4) is 0 Å². The number of carbonyl (C=O) groups excluding carboxylic acids is 2. The van der Waals surface area contributed by atoms with E-state index in [1.54, 1.807) is 11.0 Å². The maximum Gasteiger partial charge on any atom is 0.410 e. The molecule has 4 bridgehead atoms. The van der Waals surface area contributed by atoms with Crippen LogP contribution in [0, 0.1) is 17.8 Å². The molecule has 6 rings (SSSR count). The monoisotopic (exact) mass is 490 g/mol. The van der Waals surface area contributed by atoms with Crippen LogP contribution in [0.4, 0.5) is 10.6 Å². The fraction of sp³-hybridized carbons (Fsp3) is 0.720. The van der Waals surface area contributed by atoms with E-state index in [4.69, 9.17) is 16.3 Å². The number of hydrogen-bond donors (Lipinski definition) is 3. The van der Waals surface area contributed by atoms with Crippen molar-refractivity contribution >= 4 is 29.4 Å². The summed E-state index contributed by atoms with van der Waals surface area (Å²) in [6.45, 7) is 6.82. The summed E-state index contributed by atoms with van der Waals surface area (Å²) in [5.41, 5.74) is -0.544. The second kappa shape index (κ2) is 8.55. The number of rotatable bonds is 4. The van der Waals surface area contributed by atoms with Gasteiger partial charge >= 0.3 is 6.09 Å². The van der Waals surface area contributed by atoms with Crippen LogP contribution in [0.5, 0.6) is 0 Å². The van der Waals surface area contributed by atoms with Gasteiger partial charge in [-0.25, -0.2) is 9.78 Å². The van der Waals surface area contributed by atoms with E-state index >= 15 is 0 Å². The average Bonchev–Trinajstić information content (AvgIpc) is 3.18. The smallest absolute Gasteiger partial charge is 0.410 e. The van der Waals surface area contributed by atoms with E-state index in [0.717, 1.165) is 38.5 Å². The van der Waals surface area contributed by atoms with Crippen molar-refractivity contribution in [2.45, 2.75) is 82.6 Å². The maximum atomic E-state index is 13.0. The van der Waals surface area contributed by atoms with Gasteiger partial charge in [0.25, 0.3) is 5.91 Å². The Morgan fingerprint density at radius 1 is 1.24 bits per heavy atom. The molecule has 1 aromatic rings. The van der Waals surface area contributed by atoms with Gasteiger partial charge in [-0.2, -0.15) is 0 Å². The molecule has 3 N–H and O–H groups in total. The lowest BCUT2D eigenvalue weighted by atomic mass is 9.53. The number of ether oxygens (including phenoxy) is 1. The fourth-order valence-electron chi connectivity index (χ4n) is 6.69. The third kappa shape index (κ3) is 4.85. The van der Waals surface area contributed by atoms with Crippen LogP contribution in [-0.4, -0.2) is 63.4 Å². The minimum atomic E-state index is -0.537. The zero-order valence-corrected chi connectivity index (χ0v) is 20.9. The van der Waals surface area contributed by atoms with Gasteiger partial charge in [0.05, 0.1) is 16.2 Å². The number of nitrogens with zero attached hydrogens (tertiary/aromatic N) is 2. The molecule has 5 fully saturated rings. The van der Waals surface area contributed by atoms with Gasteiger partial charge in [0.1, 0.15) is 11.9 Å². The van der Waals surface area contributed by atoms with Crippen LogP contribution in [-0.2, 0) is 4.74 Å². The number of pyridine rings is 1. The molecule has 4 aliphatic carbocycles. The first-order chi connectivity index (χ1) is 16.0. The Morgan fingerprint density at radius 2 is 1.94 bits per heavy atom. The highest BCUT2D eigenvalue weighted by molar-refractivity contribution is 6.31. The van der Waals surface area contributed by atoms with Crippen LogP contribution in [0.1, 0.15) is 69.7 Å². The Balaban J connectivity index is 1.20. The maximum absolute atomic E-state index is 13.0. The second-order valence-electron chi connectivity index (χ2n) is 11.9. The number of nitrogens with one attached hydrogen (secondary N) is 2. The van der Waals surface area contributed by atoms with E-state index in [2.05, 4.69) is 15.6 Å². The van der Waals surface area contributed by atoms with Crippen molar-refractivity contribution in [3.63, 3.8) is 0 Å². The van der Waals surface area contributed by atoms with Gasteiger partial charge in [-0.15, -0.1) is 0 Å². The number of halogens is 1. The van der Waals surface area contributed by atoms with Gasteiger partial charge in [-0.3, -0.25) is 4.79 Å².